The van der Waals surface area contributed by atoms with E-state index in [1.54, 1.807) is 0 Å². The standard InChI is InChI=1S/C14H25N3/c1-4-12-10-13(17(5-2)16-12)11-15-14(3)8-6-7-9-14/h10,15H,4-9,11H2,1-3H3. The van der Waals surface area contributed by atoms with Crippen LogP contribution in [0.4, 0.5) is 0 Å². The van der Waals surface area contributed by atoms with Crippen LogP contribution in [-0.4, -0.2) is 15.3 Å². The van der Waals surface area contributed by atoms with E-state index < -0.39 is 0 Å². The highest BCUT2D eigenvalue weighted by Crippen LogP contribution is 2.29. The summed E-state index contributed by atoms with van der Waals surface area (Å²) in [7, 11) is 0. The highest BCUT2D eigenvalue weighted by atomic mass is 15.3. The molecule has 0 bridgehead atoms. The summed E-state index contributed by atoms with van der Waals surface area (Å²) in [6.07, 6.45) is 6.40. The van der Waals surface area contributed by atoms with Crippen molar-refractivity contribution in [2.75, 3.05) is 0 Å². The van der Waals surface area contributed by atoms with Crippen molar-refractivity contribution in [2.45, 2.75) is 71.5 Å². The molecule has 0 aliphatic heterocycles. The van der Waals surface area contributed by atoms with Gasteiger partial charge in [0, 0.05) is 18.6 Å². The van der Waals surface area contributed by atoms with Gasteiger partial charge < -0.3 is 5.32 Å². The van der Waals surface area contributed by atoms with E-state index in [1.807, 2.05) is 0 Å². The zero-order chi connectivity index (χ0) is 12.3. The van der Waals surface area contributed by atoms with Gasteiger partial charge >= 0.3 is 0 Å². The van der Waals surface area contributed by atoms with Gasteiger partial charge in [0.2, 0.25) is 0 Å². The Bertz CT molecular complexity index is 362. The summed E-state index contributed by atoms with van der Waals surface area (Å²) in [5, 5.41) is 8.32. The molecule has 0 aromatic carbocycles. The van der Waals surface area contributed by atoms with E-state index in [2.05, 4.69) is 41.9 Å². The molecule has 0 atom stereocenters. The first kappa shape index (κ1) is 12.6. The highest BCUT2D eigenvalue weighted by Gasteiger charge is 2.27. The van der Waals surface area contributed by atoms with Gasteiger partial charge in [-0.3, -0.25) is 4.68 Å². The van der Waals surface area contributed by atoms with Crippen LogP contribution in [0.15, 0.2) is 6.07 Å². The van der Waals surface area contributed by atoms with Gasteiger partial charge in [0.05, 0.1) is 11.4 Å². The molecule has 96 valence electrons. The normalized spacial score (nSPS) is 18.8. The molecule has 0 amide bonds. The van der Waals surface area contributed by atoms with Gasteiger partial charge in [-0.2, -0.15) is 5.10 Å². The molecule has 1 aromatic rings. The molecular weight excluding hydrogens is 210 g/mol. The van der Waals surface area contributed by atoms with Crippen molar-refractivity contribution < 1.29 is 0 Å². The number of rotatable bonds is 5. The maximum absolute atomic E-state index is 4.59. The lowest BCUT2D eigenvalue weighted by atomic mass is 10.0. The molecule has 1 fully saturated rings. The molecule has 1 aliphatic rings. The van der Waals surface area contributed by atoms with Crippen molar-refractivity contribution in [3.8, 4) is 0 Å². The Morgan fingerprint density at radius 1 is 1.35 bits per heavy atom. The smallest absolute Gasteiger partial charge is 0.0625 e. The maximum atomic E-state index is 4.59. The molecule has 3 heteroatoms. The molecule has 0 spiro atoms. The summed E-state index contributed by atoms with van der Waals surface area (Å²) in [4.78, 5) is 0. The highest BCUT2D eigenvalue weighted by molar-refractivity contribution is 5.11. The quantitative estimate of drug-likeness (QED) is 0.850. The third-order valence-corrected chi connectivity index (χ3v) is 3.98. The van der Waals surface area contributed by atoms with E-state index in [0.717, 1.165) is 19.5 Å². The van der Waals surface area contributed by atoms with Crippen LogP contribution in [0.3, 0.4) is 0 Å². The summed E-state index contributed by atoms with van der Waals surface area (Å²) in [5.41, 5.74) is 2.90. The first-order valence-corrected chi connectivity index (χ1v) is 6.97. The number of hydrogen-bond acceptors (Lipinski definition) is 2. The minimum absolute atomic E-state index is 0.356. The summed E-state index contributed by atoms with van der Waals surface area (Å²) in [5.74, 6) is 0. The summed E-state index contributed by atoms with van der Waals surface area (Å²) >= 11 is 0. The molecular formula is C14H25N3. The number of nitrogens with one attached hydrogen (secondary N) is 1. The van der Waals surface area contributed by atoms with Crippen molar-refractivity contribution in [2.24, 2.45) is 0 Å². The van der Waals surface area contributed by atoms with Gasteiger partial charge in [-0.15, -0.1) is 0 Å². The number of nitrogens with zero attached hydrogens (tertiary/aromatic N) is 2. The van der Waals surface area contributed by atoms with Gasteiger partial charge in [-0.05, 0) is 39.2 Å². The minimum Gasteiger partial charge on any atom is -0.306 e. The second kappa shape index (κ2) is 5.21. The Hall–Kier alpha value is -0.830. The lowest BCUT2D eigenvalue weighted by Gasteiger charge is -2.25. The lowest BCUT2D eigenvalue weighted by molar-refractivity contribution is 0.356. The van der Waals surface area contributed by atoms with E-state index in [9.17, 15) is 0 Å². The van der Waals surface area contributed by atoms with Crippen LogP contribution in [0.5, 0.6) is 0 Å². The molecule has 1 aromatic heterocycles. The fraction of sp³-hybridized carbons (Fsp3) is 0.786. The fourth-order valence-electron chi connectivity index (χ4n) is 2.74. The van der Waals surface area contributed by atoms with Crippen LogP contribution >= 0.6 is 0 Å². The predicted octanol–water partition coefficient (Wildman–Crippen LogP) is 2.89. The van der Waals surface area contributed by atoms with E-state index in [1.165, 1.54) is 37.1 Å². The molecule has 2 rings (SSSR count). The SMILES string of the molecule is CCc1cc(CNC2(C)CCCC2)n(CC)n1. The van der Waals surface area contributed by atoms with Crippen LogP contribution in [0, 0.1) is 0 Å². The number of aromatic nitrogens is 2. The largest absolute Gasteiger partial charge is 0.306 e. The molecule has 1 aliphatic carbocycles. The van der Waals surface area contributed by atoms with E-state index in [0.29, 0.717) is 5.54 Å². The second-order valence-electron chi connectivity index (χ2n) is 5.42. The van der Waals surface area contributed by atoms with Crippen LogP contribution in [0.1, 0.15) is 57.8 Å². The third-order valence-electron chi connectivity index (χ3n) is 3.98. The van der Waals surface area contributed by atoms with Crippen LogP contribution in [0.2, 0.25) is 0 Å². The van der Waals surface area contributed by atoms with E-state index in [-0.39, 0.29) is 0 Å². The first-order chi connectivity index (χ1) is 8.17. The first-order valence-electron chi connectivity index (χ1n) is 6.97. The predicted molar refractivity (Wildman–Crippen MR) is 71.0 cm³/mol. The topological polar surface area (TPSA) is 29.9 Å². The van der Waals surface area contributed by atoms with Gasteiger partial charge in [-0.1, -0.05) is 19.8 Å². The molecule has 1 N–H and O–H groups in total. The molecule has 0 radical (unpaired) electrons. The average Bonchev–Trinajstić information content (AvgIpc) is 2.93. The molecule has 0 saturated heterocycles. The fourth-order valence-corrected chi connectivity index (χ4v) is 2.74. The third kappa shape index (κ3) is 2.89. The Balaban J connectivity index is 2.00. The van der Waals surface area contributed by atoms with Crippen LogP contribution in [-0.2, 0) is 19.5 Å². The molecule has 1 saturated carbocycles. The van der Waals surface area contributed by atoms with Crippen LogP contribution in [0.25, 0.3) is 0 Å². The van der Waals surface area contributed by atoms with E-state index in [4.69, 9.17) is 0 Å². The van der Waals surface area contributed by atoms with Gasteiger partial charge in [0.15, 0.2) is 0 Å². The molecule has 1 heterocycles. The molecule has 0 unspecified atom stereocenters. The van der Waals surface area contributed by atoms with Crippen LogP contribution < -0.4 is 5.32 Å². The zero-order valence-electron chi connectivity index (χ0n) is 11.4. The second-order valence-corrected chi connectivity index (χ2v) is 5.42. The van der Waals surface area contributed by atoms with Gasteiger partial charge in [-0.25, -0.2) is 0 Å². The molecule has 17 heavy (non-hydrogen) atoms. The maximum Gasteiger partial charge on any atom is 0.0625 e. The zero-order valence-corrected chi connectivity index (χ0v) is 11.4. The Kier molecular flexibility index (Phi) is 3.87. The summed E-state index contributed by atoms with van der Waals surface area (Å²) in [6.45, 7) is 8.60. The number of aryl methyl sites for hydroxylation is 2. The Morgan fingerprint density at radius 3 is 2.65 bits per heavy atom. The monoisotopic (exact) mass is 235 g/mol. The molecule has 3 nitrogen and oxygen atoms in total. The Morgan fingerprint density at radius 2 is 2.06 bits per heavy atom. The van der Waals surface area contributed by atoms with E-state index >= 15 is 0 Å². The van der Waals surface area contributed by atoms with Crippen molar-refractivity contribution in [1.29, 1.82) is 0 Å². The lowest BCUT2D eigenvalue weighted by Crippen LogP contribution is -2.39. The average molecular weight is 235 g/mol. The van der Waals surface area contributed by atoms with Crippen molar-refractivity contribution in [1.82, 2.24) is 15.1 Å². The minimum atomic E-state index is 0.356. The summed E-state index contributed by atoms with van der Waals surface area (Å²) in [6, 6.07) is 2.24. The van der Waals surface area contributed by atoms with Crippen molar-refractivity contribution in [3.63, 3.8) is 0 Å². The summed E-state index contributed by atoms with van der Waals surface area (Å²) < 4.78 is 2.13. The van der Waals surface area contributed by atoms with Crippen molar-refractivity contribution >= 4 is 0 Å². The van der Waals surface area contributed by atoms with Crippen molar-refractivity contribution in [3.05, 3.63) is 17.5 Å². The van der Waals surface area contributed by atoms with Gasteiger partial charge in [0.25, 0.3) is 0 Å². The Labute approximate surface area is 105 Å². The van der Waals surface area contributed by atoms with Gasteiger partial charge in [0.1, 0.15) is 0 Å². The number of hydrogen-bond donors (Lipinski definition) is 1.